The van der Waals surface area contributed by atoms with E-state index in [1.54, 1.807) is 7.11 Å². The zero-order valence-electron chi connectivity index (χ0n) is 13.3. The Morgan fingerprint density at radius 3 is 2.30 bits per heavy atom. The first kappa shape index (κ1) is 16.1. The van der Waals surface area contributed by atoms with Crippen LogP contribution in [0.15, 0.2) is 72.8 Å². The summed E-state index contributed by atoms with van der Waals surface area (Å²) < 4.78 is 6.49. The summed E-state index contributed by atoms with van der Waals surface area (Å²) in [6.07, 6.45) is 8.73. The van der Waals surface area contributed by atoms with Crippen molar-refractivity contribution in [2.75, 3.05) is 12.4 Å². The second-order valence-corrected chi connectivity index (χ2v) is 7.01. The van der Waals surface area contributed by atoms with E-state index in [0.717, 1.165) is 11.4 Å². The van der Waals surface area contributed by atoms with Gasteiger partial charge in [-0.1, -0.05) is 43.4 Å². The Bertz CT molecular complexity index is 718. The lowest BCUT2D eigenvalue weighted by Crippen LogP contribution is -2.40. The fraction of sp³-hybridized carbons (Fsp3) is 0.200. The molecule has 0 aromatic heterocycles. The molecule has 0 spiro atoms. The summed E-state index contributed by atoms with van der Waals surface area (Å²) in [6, 6.07) is 16.8. The van der Waals surface area contributed by atoms with Gasteiger partial charge in [-0.3, -0.25) is 0 Å². The fourth-order valence-electron chi connectivity index (χ4n) is 2.97. The van der Waals surface area contributed by atoms with Crippen molar-refractivity contribution < 1.29 is 4.74 Å². The molecule has 23 heavy (non-hydrogen) atoms. The number of benzene rings is 2. The first-order valence-corrected chi connectivity index (χ1v) is 8.76. The number of methoxy groups -OCH3 is 1. The van der Waals surface area contributed by atoms with Gasteiger partial charge in [-0.15, -0.1) is 0 Å². The highest BCUT2D eigenvalue weighted by Crippen LogP contribution is 2.38. The molecule has 1 aliphatic carbocycles. The molecule has 3 rings (SSSR count). The highest BCUT2D eigenvalue weighted by Gasteiger charge is 2.35. The van der Waals surface area contributed by atoms with Crippen molar-refractivity contribution in [3.05, 3.63) is 82.0 Å². The van der Waals surface area contributed by atoms with E-state index < -0.39 is 0 Å². The Morgan fingerprint density at radius 1 is 1.00 bits per heavy atom. The van der Waals surface area contributed by atoms with Gasteiger partial charge in [0.15, 0.2) is 0 Å². The van der Waals surface area contributed by atoms with Crippen molar-refractivity contribution in [2.24, 2.45) is 5.92 Å². The zero-order valence-corrected chi connectivity index (χ0v) is 15.4. The summed E-state index contributed by atoms with van der Waals surface area (Å²) in [7, 11) is 1.69. The first-order chi connectivity index (χ1) is 11.1. The lowest BCUT2D eigenvalue weighted by atomic mass is 9.76. The normalized spacial score (nSPS) is 22.8. The van der Waals surface area contributed by atoms with Gasteiger partial charge in [-0.2, -0.15) is 0 Å². The highest BCUT2D eigenvalue weighted by molar-refractivity contribution is 14.1. The van der Waals surface area contributed by atoms with Gasteiger partial charge in [-0.05, 0) is 64.6 Å². The second kappa shape index (κ2) is 6.79. The van der Waals surface area contributed by atoms with Crippen LogP contribution >= 0.6 is 22.6 Å². The van der Waals surface area contributed by atoms with Gasteiger partial charge in [0.1, 0.15) is 5.75 Å². The molecule has 1 N–H and O–H groups in total. The van der Waals surface area contributed by atoms with Crippen LogP contribution < -0.4 is 10.1 Å². The molecule has 2 atom stereocenters. The minimum atomic E-state index is -0.242. The Balaban J connectivity index is 2.00. The van der Waals surface area contributed by atoms with Crippen molar-refractivity contribution in [1.29, 1.82) is 0 Å². The standard InChI is InChI=1S/C20H20INO/c1-15-5-3-4-14-20(15,16-6-8-17(21)9-7-16)22-18-10-12-19(23-2)13-11-18/h3-15,22H,1-2H3. The number of halogens is 1. The minimum absolute atomic E-state index is 0.242. The van der Waals surface area contributed by atoms with Gasteiger partial charge in [0.2, 0.25) is 0 Å². The van der Waals surface area contributed by atoms with Crippen molar-refractivity contribution in [1.82, 2.24) is 0 Å². The molecular formula is C20H20INO. The van der Waals surface area contributed by atoms with E-state index in [9.17, 15) is 0 Å². The van der Waals surface area contributed by atoms with Gasteiger partial charge < -0.3 is 10.1 Å². The number of hydrogen-bond acceptors (Lipinski definition) is 2. The van der Waals surface area contributed by atoms with Crippen LogP contribution in [0.4, 0.5) is 5.69 Å². The number of allylic oxidation sites excluding steroid dienone is 2. The average molecular weight is 417 g/mol. The van der Waals surface area contributed by atoms with E-state index in [2.05, 4.69) is 95.5 Å². The largest absolute Gasteiger partial charge is 0.497 e. The third-order valence-electron chi connectivity index (χ3n) is 4.35. The van der Waals surface area contributed by atoms with Crippen LogP contribution in [-0.4, -0.2) is 7.11 Å². The van der Waals surface area contributed by atoms with E-state index in [0.29, 0.717) is 5.92 Å². The lowest BCUT2D eigenvalue weighted by molar-refractivity contribution is 0.414. The molecule has 0 saturated carbocycles. The maximum Gasteiger partial charge on any atom is 0.119 e. The van der Waals surface area contributed by atoms with E-state index >= 15 is 0 Å². The SMILES string of the molecule is COc1ccc(NC2(c3ccc(I)cc3)C=CC=CC2C)cc1. The topological polar surface area (TPSA) is 21.3 Å². The molecule has 2 unspecified atom stereocenters. The van der Waals surface area contributed by atoms with Crippen LogP contribution in [0, 0.1) is 9.49 Å². The predicted octanol–water partition coefficient (Wildman–Crippen LogP) is 5.37. The predicted molar refractivity (Wildman–Crippen MR) is 105 cm³/mol. The van der Waals surface area contributed by atoms with E-state index in [1.165, 1.54) is 9.13 Å². The zero-order chi connectivity index (χ0) is 16.3. The molecule has 0 amide bonds. The Labute approximate surface area is 151 Å². The third-order valence-corrected chi connectivity index (χ3v) is 5.07. The van der Waals surface area contributed by atoms with Crippen molar-refractivity contribution in [2.45, 2.75) is 12.5 Å². The third kappa shape index (κ3) is 3.29. The molecule has 0 aliphatic heterocycles. The minimum Gasteiger partial charge on any atom is -0.497 e. The van der Waals surface area contributed by atoms with Crippen LogP contribution in [-0.2, 0) is 5.54 Å². The first-order valence-electron chi connectivity index (χ1n) is 7.68. The fourth-order valence-corrected chi connectivity index (χ4v) is 3.33. The Morgan fingerprint density at radius 2 is 1.70 bits per heavy atom. The van der Waals surface area contributed by atoms with Crippen LogP contribution in [0.1, 0.15) is 12.5 Å². The molecule has 0 radical (unpaired) electrons. The summed E-state index contributed by atoms with van der Waals surface area (Å²) in [4.78, 5) is 0. The highest BCUT2D eigenvalue weighted by atomic mass is 127. The molecule has 2 nitrogen and oxygen atoms in total. The van der Waals surface area contributed by atoms with E-state index in [-0.39, 0.29) is 5.54 Å². The summed E-state index contributed by atoms with van der Waals surface area (Å²) in [5.41, 5.74) is 2.10. The summed E-state index contributed by atoms with van der Waals surface area (Å²) in [6.45, 7) is 2.24. The van der Waals surface area contributed by atoms with Gasteiger partial charge >= 0.3 is 0 Å². The Hall–Kier alpha value is -1.75. The maximum absolute atomic E-state index is 5.25. The van der Waals surface area contributed by atoms with Gasteiger partial charge in [0, 0.05) is 15.2 Å². The van der Waals surface area contributed by atoms with Crippen molar-refractivity contribution >= 4 is 28.3 Å². The number of rotatable bonds is 4. The van der Waals surface area contributed by atoms with Crippen LogP contribution in [0.2, 0.25) is 0 Å². The molecule has 0 fully saturated rings. The summed E-state index contributed by atoms with van der Waals surface area (Å²) in [5.74, 6) is 1.21. The van der Waals surface area contributed by atoms with Gasteiger partial charge in [0.25, 0.3) is 0 Å². The molecule has 2 aromatic carbocycles. The molecule has 1 aliphatic rings. The summed E-state index contributed by atoms with van der Waals surface area (Å²) >= 11 is 2.34. The quantitative estimate of drug-likeness (QED) is 0.676. The Kier molecular flexibility index (Phi) is 4.76. The maximum atomic E-state index is 5.25. The molecule has 0 bridgehead atoms. The number of anilines is 1. The summed E-state index contributed by atoms with van der Waals surface area (Å²) in [5, 5.41) is 3.74. The van der Waals surface area contributed by atoms with Gasteiger partial charge in [-0.25, -0.2) is 0 Å². The second-order valence-electron chi connectivity index (χ2n) is 5.76. The van der Waals surface area contributed by atoms with Crippen LogP contribution in [0.25, 0.3) is 0 Å². The molecular weight excluding hydrogens is 397 g/mol. The van der Waals surface area contributed by atoms with Crippen molar-refractivity contribution in [3.8, 4) is 5.75 Å². The molecule has 3 heteroatoms. The van der Waals surface area contributed by atoms with Crippen LogP contribution in [0.5, 0.6) is 5.75 Å². The number of ether oxygens (including phenoxy) is 1. The molecule has 0 saturated heterocycles. The lowest BCUT2D eigenvalue weighted by Gasteiger charge is -2.39. The number of nitrogens with one attached hydrogen (secondary N) is 1. The smallest absolute Gasteiger partial charge is 0.119 e. The van der Waals surface area contributed by atoms with Gasteiger partial charge in [0.05, 0.1) is 12.6 Å². The molecule has 0 heterocycles. The number of hydrogen-bond donors (Lipinski definition) is 1. The van der Waals surface area contributed by atoms with E-state index in [1.807, 2.05) is 12.1 Å². The monoisotopic (exact) mass is 417 g/mol. The molecule has 118 valence electrons. The van der Waals surface area contributed by atoms with E-state index in [4.69, 9.17) is 4.74 Å². The average Bonchev–Trinajstić information content (AvgIpc) is 2.58. The molecule has 2 aromatic rings. The van der Waals surface area contributed by atoms with Crippen molar-refractivity contribution in [3.63, 3.8) is 0 Å². The van der Waals surface area contributed by atoms with Crippen LogP contribution in [0.3, 0.4) is 0 Å².